The summed E-state index contributed by atoms with van der Waals surface area (Å²) in [5, 5.41) is 0. The van der Waals surface area contributed by atoms with Gasteiger partial charge < -0.3 is 4.90 Å². The number of anilines is 1. The van der Waals surface area contributed by atoms with Crippen molar-refractivity contribution in [1.82, 2.24) is 4.90 Å². The number of benzene rings is 1. The molecule has 0 N–H and O–H groups in total. The molecule has 9 heteroatoms. The van der Waals surface area contributed by atoms with Crippen molar-refractivity contribution in [3.8, 4) is 0 Å². The lowest BCUT2D eigenvalue weighted by molar-refractivity contribution is -0.129. The summed E-state index contributed by atoms with van der Waals surface area (Å²) >= 11 is 0. The fourth-order valence-corrected chi connectivity index (χ4v) is 5.32. The van der Waals surface area contributed by atoms with Crippen LogP contribution in [0.25, 0.3) is 0 Å². The molecule has 1 unspecified atom stereocenters. The average molecular weight is 374 g/mol. The van der Waals surface area contributed by atoms with Crippen LogP contribution in [0.2, 0.25) is 0 Å². The number of carbonyl (C=O) groups excluding carboxylic acids is 1. The van der Waals surface area contributed by atoms with Crippen molar-refractivity contribution in [3.05, 3.63) is 29.8 Å². The number of sulfone groups is 1. The van der Waals surface area contributed by atoms with Crippen molar-refractivity contribution >= 4 is 31.5 Å². The van der Waals surface area contributed by atoms with Crippen LogP contribution in [0.4, 0.5) is 5.69 Å². The van der Waals surface area contributed by atoms with Gasteiger partial charge in [-0.15, -0.1) is 0 Å². The summed E-state index contributed by atoms with van der Waals surface area (Å²) in [5.74, 6) is -0.439. The number of hydrogen-bond acceptors (Lipinski definition) is 5. The summed E-state index contributed by atoms with van der Waals surface area (Å²) in [4.78, 5) is 13.8. The van der Waals surface area contributed by atoms with Crippen molar-refractivity contribution in [2.24, 2.45) is 0 Å². The molecule has 0 radical (unpaired) electrons. The van der Waals surface area contributed by atoms with E-state index < -0.39 is 31.8 Å². The van der Waals surface area contributed by atoms with Gasteiger partial charge in [0.15, 0.2) is 9.84 Å². The normalized spacial score (nSPS) is 19.9. The highest BCUT2D eigenvalue weighted by atomic mass is 32.2. The van der Waals surface area contributed by atoms with E-state index in [9.17, 15) is 21.6 Å². The Hall–Kier alpha value is -1.61. The molecule has 1 aliphatic heterocycles. The van der Waals surface area contributed by atoms with E-state index in [1.165, 1.54) is 11.9 Å². The predicted octanol–water partition coefficient (Wildman–Crippen LogP) is 0.407. The minimum Gasteiger partial charge on any atom is -0.340 e. The molecule has 1 amide bonds. The lowest BCUT2D eigenvalue weighted by Crippen LogP contribution is -2.45. The Morgan fingerprint density at radius 1 is 1.33 bits per heavy atom. The summed E-state index contributed by atoms with van der Waals surface area (Å²) in [6, 6.07) is 6.47. The minimum absolute atomic E-state index is 0.0585. The Morgan fingerprint density at radius 3 is 2.50 bits per heavy atom. The molecule has 1 atom stereocenters. The fraction of sp³-hybridized carbons (Fsp3) is 0.533. The molecule has 2 rings (SSSR count). The molecular weight excluding hydrogens is 352 g/mol. The van der Waals surface area contributed by atoms with Gasteiger partial charge in [0.25, 0.3) is 0 Å². The highest BCUT2D eigenvalue weighted by molar-refractivity contribution is 7.92. The smallest absolute Gasteiger partial charge is 0.243 e. The lowest BCUT2D eigenvalue weighted by Gasteiger charge is -2.28. The van der Waals surface area contributed by atoms with Gasteiger partial charge in [0.05, 0.1) is 23.4 Å². The molecule has 1 aromatic carbocycles. The van der Waals surface area contributed by atoms with E-state index in [2.05, 4.69) is 0 Å². The van der Waals surface area contributed by atoms with E-state index in [0.717, 1.165) is 16.1 Å². The maximum absolute atomic E-state index is 12.5. The molecule has 0 aromatic heterocycles. The van der Waals surface area contributed by atoms with Crippen LogP contribution in [0, 0.1) is 6.92 Å². The number of rotatable bonds is 5. The standard InChI is InChI=1S/C15H22N2O5S2/c1-12-5-4-6-13(9-12)17(23(3,19)20)10-15(18)16(2)14-7-8-24(21,22)11-14/h4-6,9,14H,7-8,10-11H2,1-3H3. The third kappa shape index (κ3) is 4.47. The van der Waals surface area contributed by atoms with E-state index in [1.54, 1.807) is 18.2 Å². The molecule has 1 aromatic rings. The Bertz CT molecular complexity index is 833. The van der Waals surface area contributed by atoms with E-state index >= 15 is 0 Å². The molecule has 1 heterocycles. The maximum Gasteiger partial charge on any atom is 0.243 e. The van der Waals surface area contributed by atoms with Gasteiger partial charge >= 0.3 is 0 Å². The largest absolute Gasteiger partial charge is 0.340 e. The number of aryl methyl sites for hydroxylation is 1. The Morgan fingerprint density at radius 2 is 2.00 bits per heavy atom. The summed E-state index contributed by atoms with van der Waals surface area (Å²) < 4.78 is 48.3. The first-order valence-corrected chi connectivity index (χ1v) is 11.2. The zero-order chi connectivity index (χ0) is 18.1. The fourth-order valence-electron chi connectivity index (χ4n) is 2.70. The first-order chi connectivity index (χ1) is 11.0. The minimum atomic E-state index is -3.64. The van der Waals surface area contributed by atoms with Gasteiger partial charge in [-0.2, -0.15) is 0 Å². The van der Waals surface area contributed by atoms with Crippen LogP contribution >= 0.6 is 0 Å². The first-order valence-electron chi connectivity index (χ1n) is 7.50. The van der Waals surface area contributed by atoms with Gasteiger partial charge in [-0.1, -0.05) is 12.1 Å². The number of carbonyl (C=O) groups is 1. The second kappa shape index (κ2) is 6.72. The zero-order valence-electron chi connectivity index (χ0n) is 14.0. The highest BCUT2D eigenvalue weighted by Gasteiger charge is 2.34. The molecule has 1 aliphatic rings. The molecule has 0 bridgehead atoms. The molecule has 1 fully saturated rings. The Labute approximate surface area is 143 Å². The van der Waals surface area contributed by atoms with Gasteiger partial charge in [-0.05, 0) is 31.0 Å². The number of hydrogen-bond donors (Lipinski definition) is 0. The van der Waals surface area contributed by atoms with Crippen LogP contribution in [0.3, 0.4) is 0 Å². The van der Waals surface area contributed by atoms with E-state index in [0.29, 0.717) is 12.1 Å². The third-order valence-electron chi connectivity index (χ3n) is 4.12. The molecule has 134 valence electrons. The van der Waals surface area contributed by atoms with E-state index in [1.807, 2.05) is 13.0 Å². The second-order valence-electron chi connectivity index (χ2n) is 6.17. The number of nitrogens with zero attached hydrogens (tertiary/aromatic N) is 2. The summed E-state index contributed by atoms with van der Waals surface area (Å²) in [5.41, 5.74) is 1.29. The number of likely N-dealkylation sites (N-methyl/N-ethyl adjacent to an activating group) is 1. The van der Waals surface area contributed by atoms with Crippen molar-refractivity contribution in [2.75, 3.05) is 35.7 Å². The van der Waals surface area contributed by atoms with Crippen molar-refractivity contribution in [1.29, 1.82) is 0 Å². The van der Waals surface area contributed by atoms with Crippen LogP contribution in [-0.2, 0) is 24.7 Å². The topological polar surface area (TPSA) is 91.8 Å². The van der Waals surface area contributed by atoms with Gasteiger partial charge in [0.2, 0.25) is 15.9 Å². The van der Waals surface area contributed by atoms with Crippen LogP contribution in [0.1, 0.15) is 12.0 Å². The first kappa shape index (κ1) is 18.7. The van der Waals surface area contributed by atoms with Crippen molar-refractivity contribution in [2.45, 2.75) is 19.4 Å². The van der Waals surface area contributed by atoms with Crippen LogP contribution in [0.5, 0.6) is 0 Å². The molecule has 0 spiro atoms. The molecule has 0 aliphatic carbocycles. The molecule has 0 saturated carbocycles. The maximum atomic E-state index is 12.5. The monoisotopic (exact) mass is 374 g/mol. The van der Waals surface area contributed by atoms with Gasteiger partial charge in [-0.3, -0.25) is 9.10 Å². The predicted molar refractivity (Wildman–Crippen MR) is 93.2 cm³/mol. The van der Waals surface area contributed by atoms with Crippen LogP contribution < -0.4 is 4.31 Å². The number of amides is 1. The third-order valence-corrected chi connectivity index (χ3v) is 7.01. The summed E-state index contributed by atoms with van der Waals surface area (Å²) in [6.45, 7) is 1.48. The zero-order valence-corrected chi connectivity index (χ0v) is 15.6. The number of sulfonamides is 1. The summed E-state index contributed by atoms with van der Waals surface area (Å²) in [6.07, 6.45) is 1.43. The molecule has 7 nitrogen and oxygen atoms in total. The highest BCUT2D eigenvalue weighted by Crippen LogP contribution is 2.21. The van der Waals surface area contributed by atoms with Crippen molar-refractivity contribution < 1.29 is 21.6 Å². The van der Waals surface area contributed by atoms with Crippen LogP contribution in [-0.4, -0.2) is 65.0 Å². The van der Waals surface area contributed by atoms with Gasteiger partial charge in [0, 0.05) is 13.1 Å². The SMILES string of the molecule is Cc1cccc(N(CC(=O)N(C)C2CCS(=O)(=O)C2)S(C)(=O)=O)c1. The van der Waals surface area contributed by atoms with Crippen molar-refractivity contribution in [3.63, 3.8) is 0 Å². The lowest BCUT2D eigenvalue weighted by atomic mass is 10.2. The summed E-state index contributed by atoms with van der Waals surface area (Å²) in [7, 11) is -5.24. The van der Waals surface area contributed by atoms with Gasteiger partial charge in [-0.25, -0.2) is 16.8 Å². The Kier molecular flexibility index (Phi) is 5.24. The molecule has 24 heavy (non-hydrogen) atoms. The quantitative estimate of drug-likeness (QED) is 0.744. The van der Waals surface area contributed by atoms with Crippen LogP contribution in [0.15, 0.2) is 24.3 Å². The average Bonchev–Trinajstić information content (AvgIpc) is 2.82. The Balaban J connectivity index is 2.19. The molecular formula is C15H22N2O5S2. The molecule has 1 saturated heterocycles. The van der Waals surface area contributed by atoms with E-state index in [4.69, 9.17) is 0 Å². The van der Waals surface area contributed by atoms with E-state index in [-0.39, 0.29) is 18.1 Å². The second-order valence-corrected chi connectivity index (χ2v) is 10.3. The van der Waals surface area contributed by atoms with Gasteiger partial charge in [0.1, 0.15) is 6.54 Å².